The molecule has 134 valence electrons. The molecule has 1 N–H and O–H groups in total. The third kappa shape index (κ3) is 4.14. The summed E-state index contributed by atoms with van der Waals surface area (Å²) in [6.07, 6.45) is 0.477. The van der Waals surface area contributed by atoms with E-state index in [1.54, 1.807) is 30.0 Å². The Kier molecular flexibility index (Phi) is 4.98. The summed E-state index contributed by atoms with van der Waals surface area (Å²) in [5, 5.41) is 0. The number of likely N-dealkylation sites (N-methyl/N-ethyl adjacent to an activating group) is 1. The number of halogens is 1. The fourth-order valence-corrected chi connectivity index (χ4v) is 3.02. The molecule has 1 aromatic heterocycles. The highest BCUT2D eigenvalue weighted by Gasteiger charge is 2.28. The number of aromatic amines is 1. The van der Waals surface area contributed by atoms with Gasteiger partial charge in [-0.3, -0.25) is 9.59 Å². The molecule has 1 aliphatic rings. The maximum Gasteiger partial charge on any atom is 0.248 e. The summed E-state index contributed by atoms with van der Waals surface area (Å²) in [5.41, 5.74) is 1.25. The fourth-order valence-electron chi connectivity index (χ4n) is 3.02. The van der Waals surface area contributed by atoms with Crippen molar-refractivity contribution in [3.63, 3.8) is 0 Å². The van der Waals surface area contributed by atoms with Crippen molar-refractivity contribution in [2.45, 2.75) is 13.0 Å². The Hall–Kier alpha value is -2.48. The number of H-pyrrole nitrogens is 1. The molecule has 1 aliphatic heterocycles. The second-order valence-corrected chi connectivity index (χ2v) is 6.46. The molecule has 2 amide bonds. The van der Waals surface area contributed by atoms with Gasteiger partial charge in [0.1, 0.15) is 24.9 Å². The number of amides is 2. The lowest BCUT2D eigenvalue weighted by Gasteiger charge is -2.20. The van der Waals surface area contributed by atoms with Crippen molar-refractivity contribution in [2.75, 3.05) is 33.8 Å². The van der Waals surface area contributed by atoms with E-state index in [1.165, 1.54) is 12.1 Å². The Morgan fingerprint density at radius 2 is 2.32 bits per heavy atom. The Balaban J connectivity index is 1.45. The van der Waals surface area contributed by atoms with Crippen LogP contribution in [0.25, 0.3) is 11.0 Å². The zero-order valence-corrected chi connectivity index (χ0v) is 14.3. The van der Waals surface area contributed by atoms with Crippen molar-refractivity contribution in [3.8, 4) is 0 Å². The van der Waals surface area contributed by atoms with E-state index in [-0.39, 0.29) is 36.8 Å². The van der Waals surface area contributed by atoms with E-state index in [0.29, 0.717) is 36.4 Å². The number of nitrogens with one attached hydrogen (secondary N) is 1. The van der Waals surface area contributed by atoms with Crippen LogP contribution in [-0.4, -0.2) is 65.4 Å². The van der Waals surface area contributed by atoms with E-state index in [4.69, 9.17) is 4.74 Å². The van der Waals surface area contributed by atoms with E-state index in [9.17, 15) is 14.0 Å². The van der Waals surface area contributed by atoms with Crippen molar-refractivity contribution in [1.82, 2.24) is 19.8 Å². The molecule has 2 heterocycles. The van der Waals surface area contributed by atoms with E-state index in [0.717, 1.165) is 0 Å². The number of carbonyl (C=O) groups excluding carboxylic acids is 2. The highest BCUT2D eigenvalue weighted by Crippen LogP contribution is 2.17. The molecule has 1 unspecified atom stereocenters. The van der Waals surface area contributed by atoms with E-state index in [2.05, 4.69) is 9.97 Å². The van der Waals surface area contributed by atoms with Crippen molar-refractivity contribution in [3.05, 3.63) is 29.8 Å². The molecule has 25 heavy (non-hydrogen) atoms. The first kappa shape index (κ1) is 17.3. The van der Waals surface area contributed by atoms with E-state index in [1.807, 2.05) is 0 Å². The first-order valence-corrected chi connectivity index (χ1v) is 8.12. The zero-order chi connectivity index (χ0) is 18.0. The molecule has 1 saturated heterocycles. The number of carbonyl (C=O) groups is 2. The van der Waals surface area contributed by atoms with E-state index >= 15 is 0 Å². The molecule has 7 nitrogen and oxygen atoms in total. The summed E-state index contributed by atoms with van der Waals surface area (Å²) in [7, 11) is 3.48. The third-order valence-corrected chi connectivity index (χ3v) is 4.34. The second kappa shape index (κ2) is 7.18. The van der Waals surface area contributed by atoms with Crippen LogP contribution in [0.2, 0.25) is 0 Å². The lowest BCUT2D eigenvalue weighted by molar-refractivity contribution is -0.136. The second-order valence-electron chi connectivity index (χ2n) is 6.46. The van der Waals surface area contributed by atoms with Crippen LogP contribution in [-0.2, 0) is 20.9 Å². The molecular formula is C17H21FN4O3. The van der Waals surface area contributed by atoms with Gasteiger partial charge in [-0.25, -0.2) is 9.37 Å². The van der Waals surface area contributed by atoms with Gasteiger partial charge in [-0.1, -0.05) is 0 Å². The molecule has 1 atom stereocenters. The van der Waals surface area contributed by atoms with Gasteiger partial charge in [-0.05, 0) is 18.2 Å². The number of imidazole rings is 1. The number of benzene rings is 1. The fraction of sp³-hybridized carbons (Fsp3) is 0.471. The summed E-state index contributed by atoms with van der Waals surface area (Å²) >= 11 is 0. The molecule has 3 rings (SSSR count). The highest BCUT2D eigenvalue weighted by atomic mass is 19.1. The van der Waals surface area contributed by atoms with Gasteiger partial charge in [0.05, 0.1) is 11.0 Å². The predicted molar refractivity (Wildman–Crippen MR) is 89.1 cm³/mol. The Labute approximate surface area is 144 Å². The largest absolute Gasteiger partial charge is 0.364 e. The number of rotatable bonds is 6. The number of hydrogen-bond acceptors (Lipinski definition) is 4. The zero-order valence-electron chi connectivity index (χ0n) is 14.3. The number of hydrogen-bond donors (Lipinski definition) is 1. The number of ether oxygens (including phenoxy) is 1. The van der Waals surface area contributed by atoms with Gasteiger partial charge in [0, 0.05) is 39.5 Å². The smallest absolute Gasteiger partial charge is 0.248 e. The van der Waals surface area contributed by atoms with Gasteiger partial charge in [-0.2, -0.15) is 0 Å². The lowest BCUT2D eigenvalue weighted by atomic mass is 10.1. The minimum atomic E-state index is -0.337. The minimum absolute atomic E-state index is 0.0710. The van der Waals surface area contributed by atoms with Gasteiger partial charge in [0.15, 0.2) is 0 Å². The topological polar surface area (TPSA) is 78.5 Å². The molecule has 0 spiro atoms. The highest BCUT2D eigenvalue weighted by molar-refractivity contribution is 5.79. The van der Waals surface area contributed by atoms with E-state index < -0.39 is 0 Å². The molecule has 2 aromatic rings. The number of likely N-dealkylation sites (tertiary alicyclic amines) is 1. The van der Waals surface area contributed by atoms with Crippen LogP contribution in [0.5, 0.6) is 0 Å². The molecule has 0 saturated carbocycles. The summed E-state index contributed by atoms with van der Waals surface area (Å²) in [5.74, 6) is 0.333. The van der Waals surface area contributed by atoms with Crippen LogP contribution in [0.3, 0.4) is 0 Å². The first-order chi connectivity index (χ1) is 11.9. The third-order valence-electron chi connectivity index (χ3n) is 4.34. The van der Waals surface area contributed by atoms with Crippen LogP contribution < -0.4 is 0 Å². The quantitative estimate of drug-likeness (QED) is 0.850. The average Bonchev–Trinajstić information content (AvgIpc) is 3.09. The monoisotopic (exact) mass is 348 g/mol. The van der Waals surface area contributed by atoms with Crippen molar-refractivity contribution in [1.29, 1.82) is 0 Å². The van der Waals surface area contributed by atoms with Crippen molar-refractivity contribution >= 4 is 22.8 Å². The SMILES string of the molecule is CN(CC1CC(=O)N(C)C1)C(=O)COCc1nc2ccc(F)cc2[nH]1. The van der Waals surface area contributed by atoms with Crippen LogP contribution in [0.15, 0.2) is 18.2 Å². The molecule has 0 radical (unpaired) electrons. The average molecular weight is 348 g/mol. The molecule has 0 bridgehead atoms. The molecular weight excluding hydrogens is 327 g/mol. The summed E-state index contributed by atoms with van der Waals surface area (Å²) < 4.78 is 18.6. The maximum atomic E-state index is 13.2. The van der Waals surface area contributed by atoms with Gasteiger partial charge in [0.25, 0.3) is 0 Å². The summed E-state index contributed by atoms with van der Waals surface area (Å²) in [4.78, 5) is 34.2. The predicted octanol–water partition coefficient (Wildman–Crippen LogP) is 1.16. The maximum absolute atomic E-state index is 13.2. The van der Waals surface area contributed by atoms with Gasteiger partial charge in [-0.15, -0.1) is 0 Å². The van der Waals surface area contributed by atoms with Crippen LogP contribution in [0.1, 0.15) is 12.2 Å². The summed E-state index contributed by atoms with van der Waals surface area (Å²) in [6.45, 7) is 1.27. The van der Waals surface area contributed by atoms with Gasteiger partial charge >= 0.3 is 0 Å². The number of nitrogens with zero attached hydrogens (tertiary/aromatic N) is 3. The van der Waals surface area contributed by atoms with Crippen LogP contribution in [0.4, 0.5) is 4.39 Å². The van der Waals surface area contributed by atoms with Crippen molar-refractivity contribution in [2.24, 2.45) is 5.92 Å². The first-order valence-electron chi connectivity index (χ1n) is 8.12. The van der Waals surface area contributed by atoms with Gasteiger partial charge < -0.3 is 19.5 Å². The minimum Gasteiger partial charge on any atom is -0.364 e. The molecule has 1 aromatic carbocycles. The molecule has 8 heteroatoms. The Morgan fingerprint density at radius 3 is 3.04 bits per heavy atom. The molecule has 1 fully saturated rings. The van der Waals surface area contributed by atoms with Gasteiger partial charge in [0.2, 0.25) is 11.8 Å². The van der Waals surface area contributed by atoms with Crippen molar-refractivity contribution < 1.29 is 18.7 Å². The number of fused-ring (bicyclic) bond motifs is 1. The summed E-state index contributed by atoms with van der Waals surface area (Å²) in [6, 6.07) is 4.30. The number of aromatic nitrogens is 2. The van der Waals surface area contributed by atoms with Crippen LogP contribution >= 0.6 is 0 Å². The standard InChI is InChI=1S/C17H21FN4O3/c1-21-7-11(5-16(21)23)8-22(2)17(24)10-25-9-15-19-13-4-3-12(18)6-14(13)20-15/h3-4,6,11H,5,7-10H2,1-2H3,(H,19,20). The Bertz CT molecular complexity index is 791. The lowest BCUT2D eigenvalue weighted by Crippen LogP contribution is -2.35. The Morgan fingerprint density at radius 1 is 1.52 bits per heavy atom. The molecule has 0 aliphatic carbocycles. The normalized spacial score (nSPS) is 17.5. The van der Waals surface area contributed by atoms with Crippen LogP contribution in [0, 0.1) is 11.7 Å².